The first-order valence-electron chi connectivity index (χ1n) is 6.09. The van der Waals surface area contributed by atoms with E-state index < -0.39 is 0 Å². The third-order valence-corrected chi connectivity index (χ3v) is 2.98. The maximum absolute atomic E-state index is 5.29. The molecule has 0 saturated heterocycles. The highest BCUT2D eigenvalue weighted by molar-refractivity contribution is 4.77. The van der Waals surface area contributed by atoms with E-state index in [9.17, 15) is 0 Å². The maximum Gasteiger partial charge on any atom is 0.0630 e. The fourth-order valence-electron chi connectivity index (χ4n) is 1.89. The summed E-state index contributed by atoms with van der Waals surface area (Å²) in [6.07, 6.45) is 1.15. The summed E-state index contributed by atoms with van der Waals surface area (Å²) in [6.45, 7) is 7.91. The molecule has 0 aromatic carbocycles. The van der Waals surface area contributed by atoms with E-state index in [1.807, 2.05) is 7.05 Å². The number of ether oxygens (including phenoxy) is 2. The lowest BCUT2D eigenvalue weighted by molar-refractivity contribution is 0.0436. The maximum atomic E-state index is 5.29. The van der Waals surface area contributed by atoms with Crippen LogP contribution in [0.4, 0.5) is 0 Å². The fourth-order valence-corrected chi connectivity index (χ4v) is 1.89. The van der Waals surface area contributed by atoms with Gasteiger partial charge in [-0.25, -0.2) is 0 Å². The largest absolute Gasteiger partial charge is 0.383 e. The van der Waals surface area contributed by atoms with Gasteiger partial charge in [0.05, 0.1) is 13.2 Å². The van der Waals surface area contributed by atoms with Crippen LogP contribution in [0.5, 0.6) is 0 Å². The van der Waals surface area contributed by atoms with E-state index in [-0.39, 0.29) is 0 Å². The number of likely N-dealkylation sites (N-methyl/N-ethyl adjacent to an activating group) is 1. The van der Waals surface area contributed by atoms with Crippen molar-refractivity contribution in [1.29, 1.82) is 0 Å². The number of methoxy groups -OCH3 is 2. The Kier molecular flexibility index (Phi) is 9.92. The van der Waals surface area contributed by atoms with Gasteiger partial charge in [0.25, 0.3) is 0 Å². The van der Waals surface area contributed by atoms with Gasteiger partial charge >= 0.3 is 0 Å². The van der Waals surface area contributed by atoms with Crippen LogP contribution in [-0.2, 0) is 9.47 Å². The van der Waals surface area contributed by atoms with Crippen LogP contribution in [0, 0.1) is 0 Å². The molecule has 0 aliphatic heterocycles. The first-order chi connectivity index (χ1) is 7.71. The van der Waals surface area contributed by atoms with Crippen molar-refractivity contribution in [3.05, 3.63) is 0 Å². The molecule has 2 atom stereocenters. The van der Waals surface area contributed by atoms with Gasteiger partial charge in [0.2, 0.25) is 0 Å². The van der Waals surface area contributed by atoms with Crippen LogP contribution < -0.4 is 5.32 Å². The second kappa shape index (κ2) is 10.0. The number of nitrogens with zero attached hydrogens (tertiary/aromatic N) is 1. The Hall–Kier alpha value is -0.160. The van der Waals surface area contributed by atoms with E-state index in [4.69, 9.17) is 9.47 Å². The van der Waals surface area contributed by atoms with Crippen LogP contribution in [-0.4, -0.2) is 64.6 Å². The second-order valence-electron chi connectivity index (χ2n) is 4.15. The Morgan fingerprint density at radius 1 is 1.25 bits per heavy atom. The van der Waals surface area contributed by atoms with Gasteiger partial charge in [-0.3, -0.25) is 4.90 Å². The smallest absolute Gasteiger partial charge is 0.0630 e. The Balaban J connectivity index is 4.38. The van der Waals surface area contributed by atoms with Gasteiger partial charge < -0.3 is 14.8 Å². The van der Waals surface area contributed by atoms with Crippen molar-refractivity contribution >= 4 is 0 Å². The van der Waals surface area contributed by atoms with Crippen molar-refractivity contribution in [3.8, 4) is 0 Å². The van der Waals surface area contributed by atoms with Gasteiger partial charge in [0.1, 0.15) is 0 Å². The molecule has 0 aliphatic carbocycles. The lowest BCUT2D eigenvalue weighted by Crippen LogP contribution is -2.49. The number of hydrogen-bond donors (Lipinski definition) is 1. The van der Waals surface area contributed by atoms with Gasteiger partial charge in [0.15, 0.2) is 0 Å². The van der Waals surface area contributed by atoms with E-state index in [1.54, 1.807) is 14.2 Å². The van der Waals surface area contributed by atoms with Gasteiger partial charge in [-0.05, 0) is 20.4 Å². The average Bonchev–Trinajstić information content (AvgIpc) is 2.29. The molecule has 0 bridgehead atoms. The summed E-state index contributed by atoms with van der Waals surface area (Å²) in [4.78, 5) is 2.46. The van der Waals surface area contributed by atoms with Crippen LogP contribution in [0.1, 0.15) is 20.3 Å². The molecule has 0 aromatic rings. The van der Waals surface area contributed by atoms with Crippen molar-refractivity contribution in [2.45, 2.75) is 32.4 Å². The minimum Gasteiger partial charge on any atom is -0.383 e. The quantitative estimate of drug-likeness (QED) is 0.608. The third kappa shape index (κ3) is 5.80. The van der Waals surface area contributed by atoms with E-state index in [0.29, 0.717) is 12.1 Å². The number of rotatable bonds is 10. The summed E-state index contributed by atoms with van der Waals surface area (Å²) in [5.74, 6) is 0. The zero-order chi connectivity index (χ0) is 12.4. The van der Waals surface area contributed by atoms with E-state index >= 15 is 0 Å². The lowest BCUT2D eigenvalue weighted by Gasteiger charge is -2.35. The Bertz CT molecular complexity index is 150. The molecule has 0 aromatic heterocycles. The Labute approximate surface area is 100 Å². The highest BCUT2D eigenvalue weighted by atomic mass is 16.5. The highest BCUT2D eigenvalue weighted by Crippen LogP contribution is 2.09. The van der Waals surface area contributed by atoms with E-state index in [2.05, 4.69) is 24.1 Å². The summed E-state index contributed by atoms with van der Waals surface area (Å²) in [5, 5.41) is 3.23. The summed E-state index contributed by atoms with van der Waals surface area (Å²) in [7, 11) is 5.49. The third-order valence-electron chi connectivity index (χ3n) is 2.98. The normalized spacial score (nSPS) is 15.4. The Morgan fingerprint density at radius 3 is 2.38 bits per heavy atom. The van der Waals surface area contributed by atoms with Crippen LogP contribution in [0.25, 0.3) is 0 Å². The molecule has 0 saturated carbocycles. The number of hydrogen-bond acceptors (Lipinski definition) is 4. The molecule has 0 heterocycles. The second-order valence-corrected chi connectivity index (χ2v) is 4.15. The van der Waals surface area contributed by atoms with Gasteiger partial charge in [-0.15, -0.1) is 0 Å². The summed E-state index contributed by atoms with van der Waals surface area (Å²) < 4.78 is 10.5. The van der Waals surface area contributed by atoms with Crippen LogP contribution >= 0.6 is 0 Å². The van der Waals surface area contributed by atoms with Crippen LogP contribution in [0.3, 0.4) is 0 Å². The summed E-state index contributed by atoms with van der Waals surface area (Å²) in [5.41, 5.74) is 0. The van der Waals surface area contributed by atoms with Crippen molar-refractivity contribution in [2.24, 2.45) is 0 Å². The standard InChI is InChI=1S/C12H28N2O2/c1-6-11(2)14(7-8-15-4)12(9-13-3)10-16-5/h11-13H,6-10H2,1-5H3. The first kappa shape index (κ1) is 15.8. The van der Waals surface area contributed by atoms with E-state index in [1.165, 1.54) is 0 Å². The average molecular weight is 232 g/mol. The van der Waals surface area contributed by atoms with Crippen molar-refractivity contribution in [2.75, 3.05) is 47.6 Å². The molecule has 0 amide bonds. The van der Waals surface area contributed by atoms with Crippen molar-refractivity contribution < 1.29 is 9.47 Å². The number of nitrogens with one attached hydrogen (secondary N) is 1. The molecule has 4 heteroatoms. The van der Waals surface area contributed by atoms with Crippen molar-refractivity contribution in [3.63, 3.8) is 0 Å². The van der Waals surface area contributed by atoms with Gasteiger partial charge in [-0.2, -0.15) is 0 Å². The van der Waals surface area contributed by atoms with Crippen LogP contribution in [0.15, 0.2) is 0 Å². The monoisotopic (exact) mass is 232 g/mol. The minimum atomic E-state index is 0.417. The molecule has 16 heavy (non-hydrogen) atoms. The molecular weight excluding hydrogens is 204 g/mol. The summed E-state index contributed by atoms with van der Waals surface area (Å²) >= 11 is 0. The highest BCUT2D eigenvalue weighted by Gasteiger charge is 2.21. The molecule has 0 aliphatic rings. The van der Waals surface area contributed by atoms with Gasteiger partial charge in [-0.1, -0.05) is 6.92 Å². The predicted octanol–water partition coefficient (Wildman–Crippen LogP) is 0.968. The predicted molar refractivity (Wildman–Crippen MR) is 67.9 cm³/mol. The molecule has 0 spiro atoms. The SMILES string of the molecule is CCC(C)N(CCOC)C(CNC)COC. The molecule has 0 radical (unpaired) electrons. The topological polar surface area (TPSA) is 33.7 Å². The lowest BCUT2D eigenvalue weighted by atomic mass is 10.1. The van der Waals surface area contributed by atoms with Crippen molar-refractivity contribution in [1.82, 2.24) is 10.2 Å². The Morgan fingerprint density at radius 2 is 1.94 bits per heavy atom. The van der Waals surface area contributed by atoms with Gasteiger partial charge in [0, 0.05) is 39.4 Å². The zero-order valence-corrected chi connectivity index (χ0v) is 11.5. The molecule has 1 N–H and O–H groups in total. The fraction of sp³-hybridized carbons (Fsp3) is 1.00. The zero-order valence-electron chi connectivity index (χ0n) is 11.5. The molecule has 2 unspecified atom stereocenters. The molecular formula is C12H28N2O2. The van der Waals surface area contributed by atoms with Crippen LogP contribution in [0.2, 0.25) is 0 Å². The van der Waals surface area contributed by atoms with E-state index in [0.717, 1.165) is 32.7 Å². The molecule has 4 nitrogen and oxygen atoms in total. The molecule has 98 valence electrons. The first-order valence-corrected chi connectivity index (χ1v) is 6.09. The molecule has 0 fully saturated rings. The minimum absolute atomic E-state index is 0.417. The molecule has 0 rings (SSSR count). The summed E-state index contributed by atoms with van der Waals surface area (Å²) in [6, 6.07) is 0.976.